The van der Waals surface area contributed by atoms with Crippen molar-refractivity contribution in [1.82, 2.24) is 5.32 Å². The van der Waals surface area contributed by atoms with E-state index in [4.69, 9.17) is 4.74 Å². The van der Waals surface area contributed by atoms with E-state index in [1.807, 2.05) is 17.5 Å². The zero-order valence-corrected chi connectivity index (χ0v) is 10.5. The van der Waals surface area contributed by atoms with Crippen LogP contribution in [0.4, 0.5) is 8.78 Å². The molecule has 1 aromatic heterocycles. The number of halogens is 2. The molecule has 0 aliphatic rings. The van der Waals surface area contributed by atoms with Crippen molar-refractivity contribution in [2.24, 2.45) is 0 Å². The first-order valence-electron chi connectivity index (χ1n) is 5.56. The molecule has 0 bridgehead atoms. The Morgan fingerprint density at radius 3 is 2.61 bits per heavy atom. The lowest BCUT2D eigenvalue weighted by atomic mass is 10.3. The van der Waals surface area contributed by atoms with Gasteiger partial charge in [-0.25, -0.2) is 8.78 Å². The lowest BCUT2D eigenvalue weighted by Crippen LogP contribution is -2.20. The summed E-state index contributed by atoms with van der Waals surface area (Å²) in [5.74, 6) is -1.04. The predicted octanol–water partition coefficient (Wildman–Crippen LogP) is 3.19. The van der Waals surface area contributed by atoms with E-state index in [0.717, 1.165) is 12.6 Å². The van der Waals surface area contributed by atoms with Gasteiger partial charge in [0.15, 0.2) is 0 Å². The minimum absolute atomic E-state index is 0.213. The van der Waals surface area contributed by atoms with Gasteiger partial charge in [0.1, 0.15) is 24.0 Å². The number of ether oxygens (including phenoxy) is 1. The summed E-state index contributed by atoms with van der Waals surface area (Å²) >= 11 is 1.68. The van der Waals surface area contributed by atoms with Gasteiger partial charge in [-0.1, -0.05) is 6.07 Å². The van der Waals surface area contributed by atoms with Crippen LogP contribution in [0.2, 0.25) is 0 Å². The average Bonchev–Trinajstić information content (AvgIpc) is 2.80. The van der Waals surface area contributed by atoms with E-state index >= 15 is 0 Å². The van der Waals surface area contributed by atoms with Crippen LogP contribution < -0.4 is 10.1 Å². The molecule has 0 saturated heterocycles. The largest absolute Gasteiger partial charge is 0.492 e. The van der Waals surface area contributed by atoms with Gasteiger partial charge < -0.3 is 10.1 Å². The topological polar surface area (TPSA) is 21.3 Å². The second-order valence-corrected chi connectivity index (χ2v) is 4.74. The minimum Gasteiger partial charge on any atom is -0.492 e. The quantitative estimate of drug-likeness (QED) is 0.813. The molecule has 96 valence electrons. The van der Waals surface area contributed by atoms with E-state index in [9.17, 15) is 8.78 Å². The summed E-state index contributed by atoms with van der Waals surface area (Å²) in [5.41, 5.74) is 0. The highest BCUT2D eigenvalue weighted by molar-refractivity contribution is 7.09. The van der Waals surface area contributed by atoms with Crippen molar-refractivity contribution in [3.63, 3.8) is 0 Å². The summed E-state index contributed by atoms with van der Waals surface area (Å²) in [7, 11) is 0. The Hall–Kier alpha value is -1.46. The van der Waals surface area contributed by atoms with Gasteiger partial charge in [0, 0.05) is 36.2 Å². The fraction of sp³-hybridized carbons (Fsp3) is 0.231. The Bertz CT molecular complexity index is 467. The summed E-state index contributed by atoms with van der Waals surface area (Å²) in [6.07, 6.45) is 0. The number of nitrogens with one attached hydrogen (secondary N) is 1. The third kappa shape index (κ3) is 4.09. The van der Waals surface area contributed by atoms with Crippen LogP contribution in [0.25, 0.3) is 0 Å². The van der Waals surface area contributed by atoms with E-state index in [1.54, 1.807) is 11.3 Å². The summed E-state index contributed by atoms with van der Waals surface area (Å²) in [5, 5.41) is 5.20. The number of hydrogen-bond acceptors (Lipinski definition) is 3. The molecule has 0 aliphatic carbocycles. The van der Waals surface area contributed by atoms with Crippen LogP contribution in [0.5, 0.6) is 5.75 Å². The standard InChI is InChI=1S/C13H13F2NOS/c14-10-6-11(15)8-12(7-10)17-4-3-16-9-13-2-1-5-18-13/h1-2,5-8,16H,3-4,9H2. The molecule has 2 aromatic rings. The maximum Gasteiger partial charge on any atom is 0.129 e. The van der Waals surface area contributed by atoms with Crippen molar-refractivity contribution in [3.05, 3.63) is 52.2 Å². The lowest BCUT2D eigenvalue weighted by Gasteiger charge is -2.07. The first-order valence-corrected chi connectivity index (χ1v) is 6.44. The van der Waals surface area contributed by atoms with Gasteiger partial charge in [-0.3, -0.25) is 0 Å². The normalized spacial score (nSPS) is 10.6. The molecule has 1 N–H and O–H groups in total. The Kier molecular flexibility index (Phi) is 4.66. The molecule has 0 unspecified atom stereocenters. The highest BCUT2D eigenvalue weighted by Gasteiger charge is 2.01. The molecule has 2 nitrogen and oxygen atoms in total. The minimum atomic E-state index is -0.628. The molecule has 0 radical (unpaired) electrons. The van der Waals surface area contributed by atoms with Crippen LogP contribution in [0.1, 0.15) is 4.88 Å². The zero-order valence-electron chi connectivity index (χ0n) is 9.66. The molecule has 18 heavy (non-hydrogen) atoms. The zero-order chi connectivity index (χ0) is 12.8. The van der Waals surface area contributed by atoms with Crippen molar-refractivity contribution in [2.75, 3.05) is 13.2 Å². The molecule has 1 aromatic carbocycles. The molecule has 2 rings (SSSR count). The van der Waals surface area contributed by atoms with Gasteiger partial charge in [-0.05, 0) is 11.4 Å². The van der Waals surface area contributed by atoms with Crippen molar-refractivity contribution >= 4 is 11.3 Å². The van der Waals surface area contributed by atoms with E-state index in [0.29, 0.717) is 13.2 Å². The molecule has 0 aliphatic heterocycles. The Morgan fingerprint density at radius 2 is 1.94 bits per heavy atom. The summed E-state index contributed by atoms with van der Waals surface area (Å²) in [6, 6.07) is 7.20. The van der Waals surface area contributed by atoms with Crippen LogP contribution in [0, 0.1) is 11.6 Å². The molecule has 0 fully saturated rings. The van der Waals surface area contributed by atoms with Crippen molar-refractivity contribution in [1.29, 1.82) is 0 Å². The van der Waals surface area contributed by atoms with Gasteiger partial charge in [-0.15, -0.1) is 11.3 Å². The van der Waals surface area contributed by atoms with Gasteiger partial charge >= 0.3 is 0 Å². The molecule has 1 heterocycles. The smallest absolute Gasteiger partial charge is 0.129 e. The first-order chi connectivity index (χ1) is 8.74. The highest BCUT2D eigenvalue weighted by Crippen LogP contribution is 2.15. The number of hydrogen-bond donors (Lipinski definition) is 1. The second kappa shape index (κ2) is 6.47. The van der Waals surface area contributed by atoms with Crippen LogP contribution >= 0.6 is 11.3 Å². The van der Waals surface area contributed by atoms with E-state index in [1.165, 1.54) is 17.0 Å². The molecule has 0 saturated carbocycles. The van der Waals surface area contributed by atoms with Crippen LogP contribution in [-0.2, 0) is 6.54 Å². The van der Waals surface area contributed by atoms with E-state index < -0.39 is 11.6 Å². The van der Waals surface area contributed by atoms with Gasteiger partial charge in [0.2, 0.25) is 0 Å². The third-order valence-electron chi connectivity index (χ3n) is 2.26. The molecular formula is C13H13F2NOS. The molecular weight excluding hydrogens is 256 g/mol. The van der Waals surface area contributed by atoms with Crippen LogP contribution in [0.3, 0.4) is 0 Å². The average molecular weight is 269 g/mol. The van der Waals surface area contributed by atoms with Gasteiger partial charge in [-0.2, -0.15) is 0 Å². The Morgan fingerprint density at radius 1 is 1.17 bits per heavy atom. The highest BCUT2D eigenvalue weighted by atomic mass is 32.1. The van der Waals surface area contributed by atoms with E-state index in [2.05, 4.69) is 5.32 Å². The number of benzene rings is 1. The SMILES string of the molecule is Fc1cc(F)cc(OCCNCc2cccs2)c1. The maximum atomic E-state index is 12.9. The molecule has 0 spiro atoms. The van der Waals surface area contributed by atoms with Crippen molar-refractivity contribution in [3.8, 4) is 5.75 Å². The van der Waals surface area contributed by atoms with Crippen LogP contribution in [0.15, 0.2) is 35.7 Å². The van der Waals surface area contributed by atoms with Crippen LogP contribution in [-0.4, -0.2) is 13.2 Å². The fourth-order valence-electron chi connectivity index (χ4n) is 1.48. The predicted molar refractivity (Wildman–Crippen MR) is 67.9 cm³/mol. The molecule has 0 amide bonds. The number of thiophene rings is 1. The Balaban J connectivity index is 1.68. The second-order valence-electron chi connectivity index (χ2n) is 3.71. The van der Waals surface area contributed by atoms with Crippen molar-refractivity contribution in [2.45, 2.75) is 6.54 Å². The number of rotatable bonds is 6. The van der Waals surface area contributed by atoms with Gasteiger partial charge in [0.25, 0.3) is 0 Å². The van der Waals surface area contributed by atoms with Gasteiger partial charge in [0.05, 0.1) is 0 Å². The fourth-order valence-corrected chi connectivity index (χ4v) is 2.15. The van der Waals surface area contributed by atoms with E-state index in [-0.39, 0.29) is 5.75 Å². The lowest BCUT2D eigenvalue weighted by molar-refractivity contribution is 0.310. The monoisotopic (exact) mass is 269 g/mol. The summed E-state index contributed by atoms with van der Waals surface area (Å²) in [4.78, 5) is 1.24. The third-order valence-corrected chi connectivity index (χ3v) is 3.14. The molecule has 5 heteroatoms. The molecule has 0 atom stereocenters. The maximum absolute atomic E-state index is 12.9. The Labute approximate surface area is 108 Å². The first kappa shape index (κ1) is 13.0. The van der Waals surface area contributed by atoms with Crippen molar-refractivity contribution < 1.29 is 13.5 Å². The summed E-state index contributed by atoms with van der Waals surface area (Å²) < 4.78 is 31.0. The summed E-state index contributed by atoms with van der Waals surface area (Å²) in [6.45, 7) is 1.77.